The minimum atomic E-state index is -2.88. The second kappa shape index (κ2) is 9.33. The molecule has 0 aliphatic rings. The average molecular weight is 383 g/mol. The Bertz CT molecular complexity index is 750. The summed E-state index contributed by atoms with van der Waals surface area (Å²) in [5, 5.41) is 8.05. The Morgan fingerprint density at radius 3 is 2.62 bits per heavy atom. The van der Waals surface area contributed by atoms with Crippen LogP contribution in [0.3, 0.4) is 0 Å². The summed E-state index contributed by atoms with van der Waals surface area (Å²) >= 11 is 1.14. The summed E-state index contributed by atoms with van der Waals surface area (Å²) in [4.78, 5) is 13.9. The van der Waals surface area contributed by atoms with Crippen molar-refractivity contribution >= 4 is 17.7 Å². The van der Waals surface area contributed by atoms with Crippen LogP contribution in [-0.4, -0.2) is 46.5 Å². The quantitative estimate of drug-likeness (QED) is 0.484. The molecule has 6 nitrogen and oxygen atoms in total. The first kappa shape index (κ1) is 19.9. The van der Waals surface area contributed by atoms with Crippen LogP contribution in [0.25, 0.3) is 11.5 Å². The highest BCUT2D eigenvalue weighted by atomic mass is 32.2. The van der Waals surface area contributed by atoms with E-state index in [4.69, 9.17) is 4.42 Å². The molecule has 0 saturated heterocycles. The molecule has 0 radical (unpaired) electrons. The van der Waals surface area contributed by atoms with Crippen LogP contribution in [-0.2, 0) is 4.79 Å². The molecule has 1 aromatic heterocycles. The third-order valence-corrected chi connectivity index (χ3v) is 4.05. The van der Waals surface area contributed by atoms with E-state index in [1.807, 2.05) is 13.8 Å². The van der Waals surface area contributed by atoms with Gasteiger partial charge in [0.1, 0.15) is 5.75 Å². The van der Waals surface area contributed by atoms with Crippen molar-refractivity contribution in [3.63, 3.8) is 0 Å². The molecular formula is C17H19F2N3O3S. The van der Waals surface area contributed by atoms with Crippen LogP contribution >= 0.6 is 11.8 Å². The van der Waals surface area contributed by atoms with E-state index in [0.29, 0.717) is 18.7 Å². The highest BCUT2D eigenvalue weighted by Gasteiger charge is 2.15. The fraction of sp³-hybridized carbons (Fsp3) is 0.353. The highest BCUT2D eigenvalue weighted by molar-refractivity contribution is 7.99. The number of nitrogens with zero attached hydrogens (tertiary/aromatic N) is 3. The fourth-order valence-corrected chi connectivity index (χ4v) is 2.75. The third-order valence-electron chi connectivity index (χ3n) is 3.25. The number of amides is 1. The molecular weight excluding hydrogens is 364 g/mol. The van der Waals surface area contributed by atoms with Crippen molar-refractivity contribution in [1.29, 1.82) is 0 Å². The normalized spacial score (nSPS) is 10.8. The van der Waals surface area contributed by atoms with E-state index in [1.165, 1.54) is 24.3 Å². The number of benzene rings is 1. The van der Waals surface area contributed by atoms with Gasteiger partial charge in [-0.05, 0) is 38.1 Å². The van der Waals surface area contributed by atoms with E-state index in [2.05, 4.69) is 21.5 Å². The predicted octanol–water partition coefficient (Wildman–Crippen LogP) is 3.85. The molecule has 26 heavy (non-hydrogen) atoms. The number of likely N-dealkylation sites (N-methyl/N-ethyl adjacent to an activating group) is 1. The number of hydrogen-bond acceptors (Lipinski definition) is 6. The zero-order valence-corrected chi connectivity index (χ0v) is 15.3. The number of carbonyl (C=O) groups excluding carboxylic acids is 1. The lowest BCUT2D eigenvalue weighted by atomic mass is 10.2. The fourth-order valence-electron chi connectivity index (χ4n) is 2.08. The molecule has 9 heteroatoms. The van der Waals surface area contributed by atoms with Gasteiger partial charge in [0.25, 0.3) is 5.22 Å². The van der Waals surface area contributed by atoms with Crippen molar-refractivity contribution in [2.75, 3.05) is 18.8 Å². The third kappa shape index (κ3) is 5.83. The standard InChI is InChI=1S/C17H19F2N3O3S/c1-4-22(9-11(2)3)14(23)10-26-17-21-20-15(25-17)12-5-7-13(8-6-12)24-16(18)19/h5-8,16H,2,4,9-10H2,1,3H3. The molecule has 0 saturated carbocycles. The Morgan fingerprint density at radius 1 is 1.35 bits per heavy atom. The van der Waals surface area contributed by atoms with Crippen LogP contribution in [0.1, 0.15) is 13.8 Å². The molecule has 0 aliphatic heterocycles. The summed E-state index contributed by atoms with van der Waals surface area (Å²) in [6, 6.07) is 5.85. The smallest absolute Gasteiger partial charge is 0.387 e. The molecule has 2 aromatic rings. The lowest BCUT2D eigenvalue weighted by Crippen LogP contribution is -2.33. The molecule has 140 valence electrons. The van der Waals surface area contributed by atoms with Gasteiger partial charge in [-0.25, -0.2) is 0 Å². The average Bonchev–Trinajstić information content (AvgIpc) is 3.06. The van der Waals surface area contributed by atoms with Crippen LogP contribution < -0.4 is 4.74 Å². The molecule has 0 spiro atoms. The van der Waals surface area contributed by atoms with Crippen molar-refractivity contribution < 1.29 is 22.7 Å². The first-order chi connectivity index (χ1) is 12.4. The first-order valence-corrected chi connectivity index (χ1v) is 8.81. The van der Waals surface area contributed by atoms with Gasteiger partial charge in [0.2, 0.25) is 11.8 Å². The second-order valence-electron chi connectivity index (χ2n) is 5.43. The summed E-state index contributed by atoms with van der Waals surface area (Å²) in [5.41, 5.74) is 1.47. The first-order valence-electron chi connectivity index (χ1n) is 7.82. The lowest BCUT2D eigenvalue weighted by Gasteiger charge is -2.20. The number of thioether (sulfide) groups is 1. The summed E-state index contributed by atoms with van der Waals surface area (Å²) in [6.07, 6.45) is 0. The van der Waals surface area contributed by atoms with Gasteiger partial charge >= 0.3 is 6.61 Å². The van der Waals surface area contributed by atoms with Crippen LogP contribution in [0.5, 0.6) is 5.75 Å². The van der Waals surface area contributed by atoms with Gasteiger partial charge in [-0.15, -0.1) is 10.2 Å². The maximum atomic E-state index is 12.2. The zero-order valence-electron chi connectivity index (χ0n) is 14.4. The van der Waals surface area contributed by atoms with Gasteiger partial charge in [0.15, 0.2) is 0 Å². The molecule has 0 atom stereocenters. The van der Waals surface area contributed by atoms with E-state index in [0.717, 1.165) is 17.3 Å². The number of alkyl halides is 2. The molecule has 1 amide bonds. The number of halogens is 2. The van der Waals surface area contributed by atoms with Crippen LogP contribution in [0.4, 0.5) is 8.78 Å². The van der Waals surface area contributed by atoms with E-state index in [-0.39, 0.29) is 28.5 Å². The second-order valence-corrected chi connectivity index (χ2v) is 6.36. The van der Waals surface area contributed by atoms with Gasteiger partial charge < -0.3 is 14.1 Å². The minimum absolute atomic E-state index is 0.0422. The monoisotopic (exact) mass is 383 g/mol. The van der Waals surface area contributed by atoms with Crippen molar-refractivity contribution in [2.45, 2.75) is 25.7 Å². The summed E-state index contributed by atoms with van der Waals surface area (Å²) < 4.78 is 34.1. The zero-order chi connectivity index (χ0) is 19.1. The molecule has 1 heterocycles. The van der Waals surface area contributed by atoms with E-state index >= 15 is 0 Å². The molecule has 0 N–H and O–H groups in total. The highest BCUT2D eigenvalue weighted by Crippen LogP contribution is 2.25. The van der Waals surface area contributed by atoms with E-state index < -0.39 is 6.61 Å². The Balaban J connectivity index is 1.95. The number of ether oxygens (including phenoxy) is 1. The molecule has 0 fully saturated rings. The predicted molar refractivity (Wildman–Crippen MR) is 94.2 cm³/mol. The van der Waals surface area contributed by atoms with Gasteiger partial charge in [-0.2, -0.15) is 8.78 Å². The summed E-state index contributed by atoms with van der Waals surface area (Å²) in [6.45, 7) is 5.80. The Kier molecular flexibility index (Phi) is 7.14. The number of rotatable bonds is 9. The molecule has 2 rings (SSSR count). The van der Waals surface area contributed by atoms with E-state index in [1.54, 1.807) is 4.90 Å². The molecule has 0 unspecified atom stereocenters. The van der Waals surface area contributed by atoms with Gasteiger partial charge in [-0.3, -0.25) is 4.79 Å². The van der Waals surface area contributed by atoms with Crippen molar-refractivity contribution in [2.24, 2.45) is 0 Å². The van der Waals surface area contributed by atoms with Crippen LogP contribution in [0.15, 0.2) is 46.1 Å². The number of hydrogen-bond donors (Lipinski definition) is 0. The van der Waals surface area contributed by atoms with Gasteiger partial charge in [-0.1, -0.05) is 23.9 Å². The molecule has 0 aliphatic carbocycles. The maximum Gasteiger partial charge on any atom is 0.387 e. The number of carbonyl (C=O) groups is 1. The Hall–Kier alpha value is -2.42. The maximum absolute atomic E-state index is 12.2. The molecule has 1 aromatic carbocycles. The SMILES string of the molecule is C=C(C)CN(CC)C(=O)CSc1nnc(-c2ccc(OC(F)F)cc2)o1. The Morgan fingerprint density at radius 2 is 2.04 bits per heavy atom. The minimum Gasteiger partial charge on any atom is -0.435 e. The summed E-state index contributed by atoms with van der Waals surface area (Å²) in [5.74, 6) is 0.399. The van der Waals surface area contributed by atoms with E-state index in [9.17, 15) is 13.6 Å². The molecule has 0 bridgehead atoms. The van der Waals surface area contributed by atoms with Crippen molar-refractivity contribution in [3.05, 3.63) is 36.4 Å². The van der Waals surface area contributed by atoms with Gasteiger partial charge in [0.05, 0.1) is 5.75 Å². The van der Waals surface area contributed by atoms with Crippen molar-refractivity contribution in [1.82, 2.24) is 15.1 Å². The van der Waals surface area contributed by atoms with Crippen molar-refractivity contribution in [3.8, 4) is 17.2 Å². The van der Waals surface area contributed by atoms with Crippen LogP contribution in [0, 0.1) is 0 Å². The number of aromatic nitrogens is 2. The largest absolute Gasteiger partial charge is 0.435 e. The van der Waals surface area contributed by atoms with Crippen LogP contribution in [0.2, 0.25) is 0 Å². The Labute approximate surface area is 154 Å². The summed E-state index contributed by atoms with van der Waals surface area (Å²) in [7, 11) is 0. The lowest BCUT2D eigenvalue weighted by molar-refractivity contribution is -0.127. The topological polar surface area (TPSA) is 68.5 Å². The van der Waals surface area contributed by atoms with Gasteiger partial charge in [0, 0.05) is 18.7 Å².